The van der Waals surface area contributed by atoms with Crippen molar-refractivity contribution in [3.63, 3.8) is 0 Å². The monoisotopic (exact) mass is 572 g/mol. The number of hydrogen-bond acceptors (Lipinski definition) is 6. The molecule has 4 aromatic carbocycles. The number of anilines is 2. The number of rotatable bonds is 7. The molecule has 3 amide bonds. The SMILES string of the molecule is CCOc1ccccc1NC(=O)COC(=O)c1cccc(N2C(=O)[C@H]3C4c5ccccc5C(c5ccccc54)[C@@H]3C2=O)c1. The number of esters is 1. The zero-order valence-electron chi connectivity index (χ0n) is 23.4. The lowest BCUT2D eigenvalue weighted by molar-refractivity contribution is -0.122. The predicted octanol–water partition coefficient (Wildman–Crippen LogP) is 5.28. The van der Waals surface area contributed by atoms with E-state index < -0.39 is 30.3 Å². The van der Waals surface area contributed by atoms with E-state index >= 15 is 0 Å². The Kier molecular flexibility index (Phi) is 6.54. The van der Waals surface area contributed by atoms with Crippen LogP contribution in [-0.4, -0.2) is 36.9 Å². The van der Waals surface area contributed by atoms with E-state index in [9.17, 15) is 19.2 Å². The van der Waals surface area contributed by atoms with Crippen LogP contribution >= 0.6 is 0 Å². The van der Waals surface area contributed by atoms with Crippen molar-refractivity contribution < 1.29 is 28.7 Å². The molecule has 0 spiro atoms. The summed E-state index contributed by atoms with van der Waals surface area (Å²) < 4.78 is 10.8. The van der Waals surface area contributed by atoms with Crippen molar-refractivity contribution >= 4 is 35.1 Å². The minimum absolute atomic E-state index is 0.130. The second-order valence-electron chi connectivity index (χ2n) is 10.9. The van der Waals surface area contributed by atoms with Crippen molar-refractivity contribution in [2.75, 3.05) is 23.4 Å². The van der Waals surface area contributed by atoms with Gasteiger partial charge in [-0.25, -0.2) is 9.69 Å². The van der Waals surface area contributed by atoms with Gasteiger partial charge < -0.3 is 14.8 Å². The van der Waals surface area contributed by atoms with E-state index in [1.54, 1.807) is 36.4 Å². The second kappa shape index (κ2) is 10.5. The van der Waals surface area contributed by atoms with Crippen molar-refractivity contribution in [3.8, 4) is 5.75 Å². The van der Waals surface area contributed by atoms with Crippen LogP contribution in [0.2, 0.25) is 0 Å². The quantitative estimate of drug-likeness (QED) is 0.239. The number of carbonyl (C=O) groups excluding carboxylic acids is 4. The summed E-state index contributed by atoms with van der Waals surface area (Å²) >= 11 is 0. The molecule has 1 fully saturated rings. The largest absolute Gasteiger partial charge is 0.492 e. The summed E-state index contributed by atoms with van der Waals surface area (Å²) in [6.45, 7) is 1.76. The summed E-state index contributed by atoms with van der Waals surface area (Å²) in [5.41, 5.74) is 5.28. The van der Waals surface area contributed by atoms with Crippen molar-refractivity contribution in [3.05, 3.63) is 125 Å². The lowest BCUT2D eigenvalue weighted by atomic mass is 9.55. The van der Waals surface area contributed by atoms with Gasteiger partial charge in [-0.05, 0) is 59.5 Å². The smallest absolute Gasteiger partial charge is 0.338 e. The molecule has 0 unspecified atom stereocenters. The zero-order valence-corrected chi connectivity index (χ0v) is 23.4. The van der Waals surface area contributed by atoms with Gasteiger partial charge in [0.15, 0.2) is 6.61 Å². The van der Waals surface area contributed by atoms with E-state index in [1.165, 1.54) is 17.0 Å². The Labute approximate surface area is 248 Å². The molecule has 1 N–H and O–H groups in total. The van der Waals surface area contributed by atoms with Crippen LogP contribution < -0.4 is 15.0 Å². The molecule has 1 saturated heterocycles. The third kappa shape index (κ3) is 4.29. The number of benzene rings is 4. The van der Waals surface area contributed by atoms with Crippen molar-refractivity contribution in [1.82, 2.24) is 0 Å². The van der Waals surface area contributed by atoms with Crippen LogP contribution in [0.4, 0.5) is 11.4 Å². The normalized spacial score (nSPS) is 21.1. The summed E-state index contributed by atoms with van der Waals surface area (Å²) in [5.74, 6) is -2.79. The molecule has 2 bridgehead atoms. The van der Waals surface area contributed by atoms with Crippen LogP contribution in [0.25, 0.3) is 0 Å². The summed E-state index contributed by atoms with van der Waals surface area (Å²) in [6.07, 6.45) is 0. The molecule has 214 valence electrons. The maximum Gasteiger partial charge on any atom is 0.338 e. The number of nitrogens with one attached hydrogen (secondary N) is 1. The zero-order chi connectivity index (χ0) is 29.7. The topological polar surface area (TPSA) is 102 Å². The molecule has 43 heavy (non-hydrogen) atoms. The number of ether oxygens (including phenoxy) is 2. The third-order valence-corrected chi connectivity index (χ3v) is 8.58. The fourth-order valence-corrected chi connectivity index (χ4v) is 6.96. The first-order chi connectivity index (χ1) is 21.0. The molecule has 3 aliphatic carbocycles. The van der Waals surface area contributed by atoms with E-state index in [-0.39, 0.29) is 29.2 Å². The lowest BCUT2D eigenvalue weighted by Crippen LogP contribution is -2.41. The van der Waals surface area contributed by atoms with Crippen LogP contribution in [-0.2, 0) is 19.1 Å². The maximum absolute atomic E-state index is 14.0. The number of imide groups is 1. The van der Waals surface area contributed by atoms with Gasteiger partial charge in [-0.15, -0.1) is 0 Å². The van der Waals surface area contributed by atoms with E-state index in [2.05, 4.69) is 29.6 Å². The molecule has 8 nitrogen and oxygen atoms in total. The molecule has 4 aromatic rings. The summed E-state index contributed by atoms with van der Waals surface area (Å²) in [4.78, 5) is 54.8. The highest BCUT2D eigenvalue weighted by Crippen LogP contribution is 2.61. The Morgan fingerprint density at radius 3 is 1.88 bits per heavy atom. The first-order valence-corrected chi connectivity index (χ1v) is 14.3. The minimum Gasteiger partial charge on any atom is -0.492 e. The van der Waals surface area contributed by atoms with Gasteiger partial charge in [0.2, 0.25) is 11.8 Å². The van der Waals surface area contributed by atoms with Gasteiger partial charge >= 0.3 is 5.97 Å². The van der Waals surface area contributed by atoms with Gasteiger partial charge in [0, 0.05) is 11.8 Å². The third-order valence-electron chi connectivity index (χ3n) is 8.58. The Morgan fingerprint density at radius 2 is 1.30 bits per heavy atom. The van der Waals surface area contributed by atoms with E-state index in [0.29, 0.717) is 23.7 Å². The molecule has 8 heteroatoms. The van der Waals surface area contributed by atoms with Crippen LogP contribution in [0.3, 0.4) is 0 Å². The summed E-state index contributed by atoms with van der Waals surface area (Å²) in [7, 11) is 0. The molecule has 0 saturated carbocycles. The average molecular weight is 573 g/mol. The number of hydrogen-bond donors (Lipinski definition) is 1. The first kappa shape index (κ1) is 26.6. The lowest BCUT2D eigenvalue weighted by Gasteiger charge is -2.45. The molecular weight excluding hydrogens is 544 g/mol. The Morgan fingerprint density at radius 1 is 0.744 bits per heavy atom. The summed E-state index contributed by atoms with van der Waals surface area (Å²) in [5, 5.41) is 2.69. The molecule has 4 aliphatic rings. The molecule has 2 atom stereocenters. The highest BCUT2D eigenvalue weighted by molar-refractivity contribution is 6.23. The van der Waals surface area contributed by atoms with Gasteiger partial charge in [0.25, 0.3) is 5.91 Å². The number of nitrogens with zero attached hydrogens (tertiary/aromatic N) is 1. The molecule has 0 aromatic heterocycles. The number of para-hydroxylation sites is 2. The van der Waals surface area contributed by atoms with Gasteiger partial charge in [-0.3, -0.25) is 14.4 Å². The molecule has 1 heterocycles. The van der Waals surface area contributed by atoms with E-state index in [4.69, 9.17) is 9.47 Å². The highest BCUT2D eigenvalue weighted by atomic mass is 16.5. The fraction of sp³-hybridized carbons (Fsp3) is 0.200. The van der Waals surface area contributed by atoms with Crippen molar-refractivity contribution in [2.24, 2.45) is 11.8 Å². The van der Waals surface area contributed by atoms with Gasteiger partial charge in [0.05, 0.1) is 35.4 Å². The fourth-order valence-electron chi connectivity index (χ4n) is 6.96. The van der Waals surface area contributed by atoms with Crippen LogP contribution in [0, 0.1) is 11.8 Å². The molecule has 8 rings (SSSR count). The van der Waals surface area contributed by atoms with Crippen molar-refractivity contribution in [1.29, 1.82) is 0 Å². The molecular formula is C35H28N2O6. The Hall–Kier alpha value is -5.24. The number of amides is 3. The standard InChI is InChI=1S/C35H28N2O6/c1-2-42-27-17-8-7-16-26(27)36-28(38)19-43-35(41)20-10-9-11-21(18-20)37-33(39)31-29-22-12-3-4-13-23(22)30(32(31)34(37)40)25-15-6-5-14-24(25)29/h3-18,29-32H,2,19H2,1H3,(H,36,38)/t29?,30?,31-,32-/m0/s1. The highest BCUT2D eigenvalue weighted by Gasteiger charge is 2.61. The number of carbonyl (C=O) groups is 4. The maximum atomic E-state index is 14.0. The average Bonchev–Trinajstić information content (AvgIpc) is 3.31. The van der Waals surface area contributed by atoms with Crippen molar-refractivity contribution in [2.45, 2.75) is 18.8 Å². The van der Waals surface area contributed by atoms with Crippen LogP contribution in [0.15, 0.2) is 97.1 Å². The molecule has 1 aliphatic heterocycles. The Bertz CT molecular complexity index is 1680. The minimum atomic E-state index is -0.744. The van der Waals surface area contributed by atoms with E-state index in [0.717, 1.165) is 22.3 Å². The summed E-state index contributed by atoms with van der Waals surface area (Å²) in [6, 6.07) is 29.4. The Balaban J connectivity index is 1.11. The second-order valence-corrected chi connectivity index (χ2v) is 10.9. The van der Waals surface area contributed by atoms with E-state index in [1.807, 2.05) is 31.2 Å². The van der Waals surface area contributed by atoms with Crippen LogP contribution in [0.5, 0.6) is 5.75 Å². The van der Waals surface area contributed by atoms with Gasteiger partial charge in [-0.2, -0.15) is 0 Å². The van der Waals surface area contributed by atoms with Gasteiger partial charge in [-0.1, -0.05) is 66.7 Å². The first-order valence-electron chi connectivity index (χ1n) is 14.3. The predicted molar refractivity (Wildman–Crippen MR) is 159 cm³/mol. The van der Waals surface area contributed by atoms with Crippen LogP contribution in [0.1, 0.15) is 51.4 Å². The van der Waals surface area contributed by atoms with Gasteiger partial charge in [0.1, 0.15) is 5.75 Å². The molecule has 0 radical (unpaired) electrons.